The molecular weight excluding hydrogens is 365 g/mol. The molecule has 1 aromatic heterocycles. The van der Waals surface area contributed by atoms with Crippen LogP contribution in [0.1, 0.15) is 57.1 Å². The van der Waals surface area contributed by atoms with E-state index in [1.165, 1.54) is 15.8 Å². The second-order valence-corrected chi connectivity index (χ2v) is 7.38. The average Bonchev–Trinajstić information content (AvgIpc) is 2.95. The molecule has 0 aliphatic carbocycles. The van der Waals surface area contributed by atoms with Crippen molar-refractivity contribution >= 4 is 12.0 Å². The van der Waals surface area contributed by atoms with Gasteiger partial charge in [-0.3, -0.25) is 14.4 Å². The Kier molecular flexibility index (Phi) is 5.77. The molecule has 1 aromatic rings. The lowest BCUT2D eigenvalue weighted by Crippen LogP contribution is -2.48. The molecule has 0 spiro atoms. The van der Waals surface area contributed by atoms with E-state index in [1.54, 1.807) is 13.8 Å². The van der Waals surface area contributed by atoms with Gasteiger partial charge in [0.05, 0.1) is 36.6 Å². The van der Waals surface area contributed by atoms with Crippen molar-refractivity contribution < 1.29 is 27.5 Å². The van der Waals surface area contributed by atoms with Gasteiger partial charge in [-0.15, -0.1) is 0 Å². The number of aromatic nitrogens is 2. The van der Waals surface area contributed by atoms with Gasteiger partial charge in [0, 0.05) is 0 Å². The first-order valence-electron chi connectivity index (χ1n) is 8.77. The number of halogens is 3. The molecule has 0 saturated carbocycles. The number of hydrogen-bond donors (Lipinski definition) is 1. The van der Waals surface area contributed by atoms with E-state index in [2.05, 4.69) is 5.10 Å². The van der Waals surface area contributed by atoms with E-state index in [4.69, 9.17) is 4.74 Å². The van der Waals surface area contributed by atoms with E-state index < -0.39 is 29.8 Å². The van der Waals surface area contributed by atoms with Gasteiger partial charge in [0.25, 0.3) is 5.91 Å². The Labute approximate surface area is 155 Å². The number of nitrogens with zero attached hydrogens (tertiary/aromatic N) is 3. The molecule has 1 aliphatic heterocycles. The third kappa shape index (κ3) is 4.72. The number of nitrogens with one attached hydrogen (secondary N) is 1. The Hall–Kier alpha value is -2.26. The zero-order valence-electron chi connectivity index (χ0n) is 16.1. The fraction of sp³-hybridized carbons (Fsp3) is 0.706. The minimum Gasteiger partial charge on any atom is -0.443 e. The largest absolute Gasteiger partial charge is 0.443 e. The van der Waals surface area contributed by atoms with Crippen molar-refractivity contribution in [2.45, 2.75) is 78.0 Å². The molecule has 7 nitrogen and oxygen atoms in total. The van der Waals surface area contributed by atoms with Crippen LogP contribution in [0.4, 0.5) is 18.0 Å². The van der Waals surface area contributed by atoms with Gasteiger partial charge in [-0.25, -0.2) is 4.79 Å². The predicted octanol–water partition coefficient (Wildman–Crippen LogP) is 3.09. The quantitative estimate of drug-likeness (QED) is 0.857. The molecule has 2 rings (SSSR count). The molecule has 10 heteroatoms. The Morgan fingerprint density at radius 1 is 1.41 bits per heavy atom. The Bertz CT molecular complexity index is 715. The number of carbonyl (C=O) groups excluding carboxylic acids is 2. The summed E-state index contributed by atoms with van der Waals surface area (Å²) in [5, 5.41) is 6.00. The molecule has 1 N–H and O–H groups in total. The number of carbonyl (C=O) groups is 2. The summed E-state index contributed by atoms with van der Waals surface area (Å²) in [5.74, 6) is -0.877. The fourth-order valence-electron chi connectivity index (χ4n) is 2.56. The van der Waals surface area contributed by atoms with Crippen LogP contribution in [0.2, 0.25) is 0 Å². The molecule has 0 aromatic carbocycles. The molecular formula is C17H25F3N4O3. The van der Waals surface area contributed by atoms with Gasteiger partial charge >= 0.3 is 12.3 Å². The van der Waals surface area contributed by atoms with Crippen LogP contribution in [0.25, 0.3) is 0 Å². The molecule has 0 radical (unpaired) electrons. The lowest BCUT2D eigenvalue weighted by atomic mass is 10.1. The minimum absolute atomic E-state index is 0.0190. The summed E-state index contributed by atoms with van der Waals surface area (Å²) in [5.41, 5.74) is -0.242. The maximum absolute atomic E-state index is 12.7. The summed E-state index contributed by atoms with van der Waals surface area (Å²) in [6.07, 6.45) is -3.22. The van der Waals surface area contributed by atoms with E-state index in [1.807, 2.05) is 19.2 Å². The molecule has 0 unspecified atom stereocenters. The van der Waals surface area contributed by atoms with Crippen LogP contribution in [0.5, 0.6) is 0 Å². The zero-order valence-corrected chi connectivity index (χ0v) is 16.1. The first kappa shape index (κ1) is 21.0. The smallest absolute Gasteiger partial charge is 0.410 e. The highest BCUT2D eigenvalue weighted by Crippen LogP contribution is 2.25. The van der Waals surface area contributed by atoms with Gasteiger partial charge in [-0.1, -0.05) is 6.92 Å². The van der Waals surface area contributed by atoms with Gasteiger partial charge in [-0.2, -0.15) is 18.3 Å². The summed E-state index contributed by atoms with van der Waals surface area (Å²) in [6.45, 7) is 8.51. The Morgan fingerprint density at radius 2 is 2.04 bits per heavy atom. The number of hydrogen-bond acceptors (Lipinski definition) is 4. The van der Waals surface area contributed by atoms with Gasteiger partial charge in [0.15, 0.2) is 0 Å². The minimum atomic E-state index is -4.54. The Morgan fingerprint density at radius 3 is 2.59 bits per heavy atom. The van der Waals surface area contributed by atoms with Crippen LogP contribution in [-0.2, 0) is 17.8 Å². The van der Waals surface area contributed by atoms with E-state index in [-0.39, 0.29) is 18.2 Å². The summed E-state index contributed by atoms with van der Waals surface area (Å²) in [6, 6.07) is -2.22. The van der Waals surface area contributed by atoms with Crippen molar-refractivity contribution in [1.82, 2.24) is 20.0 Å². The highest BCUT2D eigenvalue weighted by atomic mass is 19.4. The molecule has 1 aliphatic rings. The first-order chi connectivity index (χ1) is 12.4. The highest BCUT2D eigenvalue weighted by molar-refractivity contribution is 5.95. The summed E-state index contributed by atoms with van der Waals surface area (Å²) >= 11 is 0. The number of fused-ring (bicyclic) bond motifs is 1. The number of alkyl halides is 3. The van der Waals surface area contributed by atoms with Crippen LogP contribution < -0.4 is 5.32 Å². The Balaban J connectivity index is 2.19. The van der Waals surface area contributed by atoms with Crippen molar-refractivity contribution in [2.75, 3.05) is 0 Å². The number of ether oxygens (including phenoxy) is 1. The lowest BCUT2D eigenvalue weighted by Gasteiger charge is -2.36. The molecule has 0 bridgehead atoms. The summed E-state index contributed by atoms with van der Waals surface area (Å²) < 4.78 is 45.1. The molecule has 27 heavy (non-hydrogen) atoms. The first-order valence-corrected chi connectivity index (χ1v) is 8.77. The molecule has 2 atom stereocenters. The third-order valence-corrected chi connectivity index (χ3v) is 4.77. The van der Waals surface area contributed by atoms with Gasteiger partial charge in [-0.05, 0) is 34.1 Å². The van der Waals surface area contributed by atoms with Crippen LogP contribution in [0, 0.1) is 0 Å². The zero-order chi connectivity index (χ0) is 20.6. The molecule has 152 valence electrons. The standard InChI is InChI=1S/C17H25F3N4O3/c1-6-16(4,5)27-15(26)23-9-13-12(7-21-24(13)8-10(23)2)14(25)22-11(3)17(18,19)20/h7,10-11H,6,8-9H2,1-5H3,(H,22,25)/t10-,11+/m0/s1. The number of rotatable bonds is 4. The molecule has 2 amide bonds. The molecule has 0 saturated heterocycles. The van der Waals surface area contributed by atoms with Crippen LogP contribution >= 0.6 is 0 Å². The van der Waals surface area contributed by atoms with E-state index in [9.17, 15) is 22.8 Å². The van der Waals surface area contributed by atoms with Gasteiger partial charge < -0.3 is 10.1 Å². The van der Waals surface area contributed by atoms with Crippen LogP contribution in [0.3, 0.4) is 0 Å². The second kappa shape index (κ2) is 7.40. The van der Waals surface area contributed by atoms with Crippen molar-refractivity contribution in [3.8, 4) is 0 Å². The van der Waals surface area contributed by atoms with E-state index in [0.29, 0.717) is 18.7 Å². The highest BCUT2D eigenvalue weighted by Gasteiger charge is 2.39. The second-order valence-electron chi connectivity index (χ2n) is 7.38. The van der Waals surface area contributed by atoms with Crippen LogP contribution in [-0.4, -0.2) is 50.5 Å². The molecule has 0 fully saturated rings. The fourth-order valence-corrected chi connectivity index (χ4v) is 2.56. The number of amides is 2. The van der Waals surface area contributed by atoms with Crippen LogP contribution in [0.15, 0.2) is 6.20 Å². The SMILES string of the molecule is CCC(C)(C)OC(=O)N1Cc2c(C(=O)N[C@H](C)C(F)(F)F)cnn2C[C@@H]1C. The van der Waals surface area contributed by atoms with Crippen molar-refractivity contribution in [1.29, 1.82) is 0 Å². The van der Waals surface area contributed by atoms with E-state index >= 15 is 0 Å². The maximum Gasteiger partial charge on any atom is 0.410 e. The monoisotopic (exact) mass is 390 g/mol. The lowest BCUT2D eigenvalue weighted by molar-refractivity contribution is -0.149. The summed E-state index contributed by atoms with van der Waals surface area (Å²) in [7, 11) is 0. The topological polar surface area (TPSA) is 76.5 Å². The van der Waals surface area contributed by atoms with E-state index in [0.717, 1.165) is 6.92 Å². The molecule has 2 heterocycles. The maximum atomic E-state index is 12.7. The van der Waals surface area contributed by atoms with Crippen molar-refractivity contribution in [3.63, 3.8) is 0 Å². The summed E-state index contributed by atoms with van der Waals surface area (Å²) in [4.78, 5) is 26.3. The predicted molar refractivity (Wildman–Crippen MR) is 91.1 cm³/mol. The average molecular weight is 390 g/mol. The normalized spacial score (nSPS) is 18.7. The van der Waals surface area contributed by atoms with Gasteiger partial charge in [0.1, 0.15) is 11.6 Å². The van der Waals surface area contributed by atoms with Crippen molar-refractivity contribution in [2.24, 2.45) is 0 Å². The third-order valence-electron chi connectivity index (χ3n) is 4.77. The van der Waals surface area contributed by atoms with Crippen molar-refractivity contribution in [3.05, 3.63) is 17.5 Å². The van der Waals surface area contributed by atoms with Gasteiger partial charge in [0.2, 0.25) is 0 Å².